The quantitative estimate of drug-likeness (QED) is 0.279. The van der Waals surface area contributed by atoms with Gasteiger partial charge in [-0.05, 0) is 49.7 Å². The number of nitrogens with zero attached hydrogens (tertiary/aromatic N) is 5. The first kappa shape index (κ1) is 22.9. The smallest absolute Gasteiger partial charge is 0.275 e. The second-order valence-corrected chi connectivity index (χ2v) is 9.79. The van der Waals surface area contributed by atoms with Gasteiger partial charge in [-0.1, -0.05) is 47.7 Å². The Morgan fingerprint density at radius 3 is 2.63 bits per heavy atom. The molecule has 0 bridgehead atoms. The minimum absolute atomic E-state index is 0.219. The lowest BCUT2D eigenvalue weighted by atomic mass is 10.2. The molecule has 5 rings (SSSR count). The zero-order valence-electron chi connectivity index (χ0n) is 19.2. The molecule has 0 aliphatic heterocycles. The van der Waals surface area contributed by atoms with Crippen molar-refractivity contribution < 1.29 is 4.79 Å². The second kappa shape index (κ2) is 10.2. The Hall–Kier alpha value is -3.82. The Bertz CT molecular complexity index is 1460. The number of aromatic nitrogens is 5. The number of thiazole rings is 1. The highest BCUT2D eigenvalue weighted by Gasteiger charge is 2.19. The molecule has 1 amide bonds. The first-order chi connectivity index (χ1) is 17.1. The summed E-state index contributed by atoms with van der Waals surface area (Å²) < 4.78 is 2.05. The topological polar surface area (TPSA) is 85.6 Å². The summed E-state index contributed by atoms with van der Waals surface area (Å²) >= 11 is 2.99. The van der Waals surface area contributed by atoms with Crippen LogP contribution in [0, 0.1) is 13.8 Å². The van der Waals surface area contributed by atoms with Crippen molar-refractivity contribution >= 4 is 34.7 Å². The number of aryl methyl sites for hydroxylation is 2. The molecule has 1 N–H and O–H groups in total. The van der Waals surface area contributed by atoms with Gasteiger partial charge in [-0.25, -0.2) is 4.98 Å². The van der Waals surface area contributed by atoms with E-state index in [1.807, 2.05) is 55.5 Å². The summed E-state index contributed by atoms with van der Waals surface area (Å²) in [5.74, 6) is 1.08. The lowest BCUT2D eigenvalue weighted by Crippen LogP contribution is -2.12. The highest BCUT2D eigenvalue weighted by atomic mass is 32.2. The fourth-order valence-electron chi connectivity index (χ4n) is 3.52. The normalized spacial score (nSPS) is 10.9. The highest BCUT2D eigenvalue weighted by molar-refractivity contribution is 7.98. The third-order valence-electron chi connectivity index (χ3n) is 5.33. The molecule has 9 heteroatoms. The van der Waals surface area contributed by atoms with Crippen LogP contribution in [0.15, 0.2) is 83.6 Å². The number of thioether (sulfide) groups is 1. The van der Waals surface area contributed by atoms with E-state index in [-0.39, 0.29) is 5.91 Å². The van der Waals surface area contributed by atoms with E-state index in [0.29, 0.717) is 11.4 Å². The molecule has 0 radical (unpaired) electrons. The number of anilines is 1. The van der Waals surface area contributed by atoms with Crippen LogP contribution in [-0.4, -0.2) is 30.6 Å². The van der Waals surface area contributed by atoms with Gasteiger partial charge in [0.05, 0.1) is 11.4 Å². The third kappa shape index (κ3) is 5.16. The summed E-state index contributed by atoms with van der Waals surface area (Å²) in [6.07, 6.45) is 3.52. The maximum absolute atomic E-state index is 12.6. The Morgan fingerprint density at radius 2 is 1.86 bits per heavy atom. The number of nitrogens with one attached hydrogen (secondary N) is 1. The van der Waals surface area contributed by atoms with Gasteiger partial charge < -0.3 is 5.32 Å². The Kier molecular flexibility index (Phi) is 6.69. The SMILES string of the molecule is Cc1ccc(NC(=O)c2csc(CSc3nnc(-c4cccnc4)n3-c3ccccc3C)n2)cc1. The zero-order valence-corrected chi connectivity index (χ0v) is 20.8. The first-order valence-corrected chi connectivity index (χ1v) is 12.8. The van der Waals surface area contributed by atoms with Gasteiger partial charge in [0, 0.05) is 29.0 Å². The summed E-state index contributed by atoms with van der Waals surface area (Å²) in [6, 6.07) is 19.7. The summed E-state index contributed by atoms with van der Waals surface area (Å²) in [6.45, 7) is 4.08. The third-order valence-corrected chi connectivity index (χ3v) is 7.30. The summed E-state index contributed by atoms with van der Waals surface area (Å²) in [7, 11) is 0. The average molecular weight is 499 g/mol. The van der Waals surface area contributed by atoms with Crippen molar-refractivity contribution in [1.82, 2.24) is 24.7 Å². The molecular formula is C26H22N6OS2. The van der Waals surface area contributed by atoms with Gasteiger partial charge in [-0.3, -0.25) is 14.3 Å². The molecule has 3 aromatic heterocycles. The average Bonchev–Trinajstić information content (AvgIpc) is 3.52. The molecule has 0 fully saturated rings. The minimum Gasteiger partial charge on any atom is -0.321 e. The van der Waals surface area contributed by atoms with Crippen LogP contribution < -0.4 is 5.32 Å². The van der Waals surface area contributed by atoms with Crippen LogP contribution in [0.3, 0.4) is 0 Å². The van der Waals surface area contributed by atoms with Gasteiger partial charge in [-0.15, -0.1) is 21.5 Å². The molecule has 0 spiro atoms. The van der Waals surface area contributed by atoms with Crippen LogP contribution in [0.2, 0.25) is 0 Å². The lowest BCUT2D eigenvalue weighted by molar-refractivity contribution is 0.102. The molecule has 35 heavy (non-hydrogen) atoms. The number of carbonyl (C=O) groups is 1. The van der Waals surface area contributed by atoms with Gasteiger partial charge in [0.15, 0.2) is 11.0 Å². The number of hydrogen-bond donors (Lipinski definition) is 1. The molecule has 0 aliphatic carbocycles. The molecule has 0 aliphatic rings. The fraction of sp³-hybridized carbons (Fsp3) is 0.115. The maximum Gasteiger partial charge on any atom is 0.275 e. The van der Waals surface area contributed by atoms with Crippen LogP contribution in [0.4, 0.5) is 5.69 Å². The monoisotopic (exact) mass is 498 g/mol. The predicted octanol–water partition coefficient (Wildman–Crippen LogP) is 5.95. The van der Waals surface area contributed by atoms with E-state index in [0.717, 1.165) is 44.1 Å². The van der Waals surface area contributed by atoms with E-state index in [1.165, 1.54) is 23.1 Å². The van der Waals surface area contributed by atoms with E-state index in [2.05, 4.69) is 49.1 Å². The Labute approximate surface area is 211 Å². The van der Waals surface area contributed by atoms with Crippen molar-refractivity contribution in [1.29, 1.82) is 0 Å². The van der Waals surface area contributed by atoms with E-state index in [1.54, 1.807) is 17.8 Å². The Morgan fingerprint density at radius 1 is 1.03 bits per heavy atom. The number of para-hydroxylation sites is 1. The molecule has 3 heterocycles. The van der Waals surface area contributed by atoms with Gasteiger partial charge in [0.25, 0.3) is 5.91 Å². The van der Waals surface area contributed by atoms with E-state index in [9.17, 15) is 4.79 Å². The number of hydrogen-bond acceptors (Lipinski definition) is 7. The van der Waals surface area contributed by atoms with E-state index in [4.69, 9.17) is 0 Å². The predicted molar refractivity (Wildman–Crippen MR) is 140 cm³/mol. The fourth-order valence-corrected chi connectivity index (χ4v) is 5.25. The van der Waals surface area contributed by atoms with Gasteiger partial charge in [0.1, 0.15) is 10.7 Å². The molecule has 0 saturated heterocycles. The van der Waals surface area contributed by atoms with Crippen LogP contribution in [0.5, 0.6) is 0 Å². The molecule has 7 nitrogen and oxygen atoms in total. The van der Waals surface area contributed by atoms with Crippen molar-refractivity contribution in [3.05, 3.63) is 100 Å². The van der Waals surface area contributed by atoms with Crippen molar-refractivity contribution in [3.8, 4) is 17.1 Å². The molecule has 2 aromatic carbocycles. The number of amides is 1. The van der Waals surface area contributed by atoms with Gasteiger partial charge in [-0.2, -0.15) is 0 Å². The zero-order chi connectivity index (χ0) is 24.2. The molecule has 174 valence electrons. The van der Waals surface area contributed by atoms with Crippen LogP contribution in [0.1, 0.15) is 26.6 Å². The second-order valence-electron chi connectivity index (χ2n) is 7.91. The Balaban J connectivity index is 1.36. The number of pyridine rings is 1. The number of rotatable bonds is 7. The van der Waals surface area contributed by atoms with E-state index < -0.39 is 0 Å². The van der Waals surface area contributed by atoms with Crippen LogP contribution >= 0.6 is 23.1 Å². The van der Waals surface area contributed by atoms with Gasteiger partial charge >= 0.3 is 0 Å². The summed E-state index contributed by atoms with van der Waals surface area (Å²) in [4.78, 5) is 21.4. The lowest BCUT2D eigenvalue weighted by Gasteiger charge is -2.12. The standard InChI is InChI=1S/C26H22N6OS2/c1-17-9-11-20(12-10-17)28-25(33)21-15-34-23(29-21)16-35-26-31-30-24(19-7-5-13-27-14-19)32(26)22-8-4-3-6-18(22)2/h3-15H,16H2,1-2H3,(H,28,33). The van der Waals surface area contributed by atoms with Crippen LogP contribution in [0.25, 0.3) is 17.1 Å². The van der Waals surface area contributed by atoms with Crippen molar-refractivity contribution in [2.45, 2.75) is 24.8 Å². The summed E-state index contributed by atoms with van der Waals surface area (Å²) in [5, 5.41) is 15.2. The first-order valence-electron chi connectivity index (χ1n) is 11.0. The molecule has 0 unspecified atom stereocenters. The molecule has 0 atom stereocenters. The van der Waals surface area contributed by atoms with Crippen molar-refractivity contribution in [2.75, 3.05) is 5.32 Å². The maximum atomic E-state index is 12.6. The minimum atomic E-state index is -0.219. The number of benzene rings is 2. The largest absolute Gasteiger partial charge is 0.321 e. The van der Waals surface area contributed by atoms with Crippen molar-refractivity contribution in [2.24, 2.45) is 0 Å². The van der Waals surface area contributed by atoms with Crippen molar-refractivity contribution in [3.63, 3.8) is 0 Å². The van der Waals surface area contributed by atoms with Crippen LogP contribution in [-0.2, 0) is 5.75 Å². The molecule has 0 saturated carbocycles. The summed E-state index contributed by atoms with van der Waals surface area (Å²) in [5.41, 5.74) is 5.31. The number of carbonyl (C=O) groups excluding carboxylic acids is 1. The van der Waals surface area contributed by atoms with E-state index >= 15 is 0 Å². The molecular weight excluding hydrogens is 476 g/mol. The molecule has 5 aromatic rings. The highest BCUT2D eigenvalue weighted by Crippen LogP contribution is 2.31. The van der Waals surface area contributed by atoms with Gasteiger partial charge in [0.2, 0.25) is 0 Å².